The Morgan fingerprint density at radius 1 is 0.597 bits per heavy atom. The average Bonchev–Trinajstić information content (AvgIpc) is 3.62. The number of phosphoric acid groups is 2. The monoisotopic (exact) mass is 930 g/mol. The molecule has 2 rings (SSSR count). The van der Waals surface area contributed by atoms with Crippen molar-refractivity contribution in [1.29, 1.82) is 10.8 Å². The standard InChI is InChI=1S/C40H77BN2O17P2/c1-29(2)53-27-34-39(37(45)40(41)59-34)60-62(48,49)54-20-13-8-6-7-10-15-32(42)16-11-9-12-17-33(43)18-14-19-50-21-22-51-23-24-52-25-26-55-61(46,47)56-28-35-38(57-30(3)4)36(44)31(5)58-35/h29-31,34-40,42-45H,6-28H2,1-5H3,(H,46,47)(H,48,49)/t31-,34+,35+,36+,37-,38?,39?,40+/m0/s1. The molecule has 2 radical (unpaired) electrons. The van der Waals surface area contributed by atoms with Gasteiger partial charge in [-0.25, -0.2) is 9.13 Å². The molecule has 10 atom stereocenters. The van der Waals surface area contributed by atoms with Gasteiger partial charge in [0.05, 0.1) is 77.8 Å². The molecule has 62 heavy (non-hydrogen) atoms. The summed E-state index contributed by atoms with van der Waals surface area (Å²) in [5.41, 5.74) is 1.45. The summed E-state index contributed by atoms with van der Waals surface area (Å²) in [6, 6.07) is -1.05. The van der Waals surface area contributed by atoms with Gasteiger partial charge in [-0.05, 0) is 92.4 Å². The molecule has 0 aromatic carbocycles. The van der Waals surface area contributed by atoms with Gasteiger partial charge in [-0.15, -0.1) is 0 Å². The van der Waals surface area contributed by atoms with Gasteiger partial charge in [-0.2, -0.15) is 0 Å². The smallest absolute Gasteiger partial charge is 0.388 e. The number of hydrogen-bond acceptors (Lipinski definition) is 17. The van der Waals surface area contributed by atoms with Gasteiger partial charge in [0, 0.05) is 24.0 Å². The lowest BCUT2D eigenvalue weighted by atomic mass is 9.93. The molecule has 2 aliphatic rings. The fraction of sp³-hybridized carbons (Fsp3) is 0.950. The van der Waals surface area contributed by atoms with Crippen molar-refractivity contribution in [3.63, 3.8) is 0 Å². The number of rotatable bonds is 39. The quantitative estimate of drug-likeness (QED) is 0.0195. The van der Waals surface area contributed by atoms with E-state index in [2.05, 4.69) is 0 Å². The lowest BCUT2D eigenvalue weighted by Gasteiger charge is -2.23. The molecule has 0 bridgehead atoms. The molecule has 0 spiro atoms. The minimum atomic E-state index is -4.43. The number of phosphoric ester groups is 2. The Bertz CT molecular complexity index is 1320. The zero-order valence-electron chi connectivity index (χ0n) is 37.6. The molecule has 0 aliphatic carbocycles. The minimum Gasteiger partial charge on any atom is -0.388 e. The molecule has 19 nitrogen and oxygen atoms in total. The van der Waals surface area contributed by atoms with Crippen molar-refractivity contribution in [3.8, 4) is 0 Å². The van der Waals surface area contributed by atoms with E-state index in [1.807, 2.05) is 27.7 Å². The lowest BCUT2D eigenvalue weighted by Crippen LogP contribution is -2.38. The van der Waals surface area contributed by atoms with Crippen molar-refractivity contribution in [2.24, 2.45) is 0 Å². The van der Waals surface area contributed by atoms with E-state index in [9.17, 15) is 29.1 Å². The topological polar surface area (TPSA) is 264 Å². The van der Waals surface area contributed by atoms with Gasteiger partial charge in [-0.1, -0.05) is 25.7 Å². The Morgan fingerprint density at radius 3 is 1.69 bits per heavy atom. The molecule has 2 fully saturated rings. The van der Waals surface area contributed by atoms with Crippen LogP contribution in [0.4, 0.5) is 0 Å². The lowest BCUT2D eigenvalue weighted by molar-refractivity contribution is -0.0777. The van der Waals surface area contributed by atoms with Gasteiger partial charge < -0.3 is 64.0 Å². The zero-order chi connectivity index (χ0) is 46.0. The Balaban J connectivity index is 1.34. The summed E-state index contributed by atoms with van der Waals surface area (Å²) in [6.07, 6.45) is 4.50. The molecular weight excluding hydrogens is 853 g/mol. The maximum Gasteiger partial charge on any atom is 0.472 e. The second kappa shape index (κ2) is 32.1. The predicted octanol–water partition coefficient (Wildman–Crippen LogP) is 5.40. The van der Waals surface area contributed by atoms with Crippen molar-refractivity contribution in [1.82, 2.24) is 0 Å². The zero-order valence-corrected chi connectivity index (χ0v) is 39.4. The highest BCUT2D eigenvalue weighted by atomic mass is 31.2. The normalized spacial score (nSPS) is 26.0. The summed E-state index contributed by atoms with van der Waals surface area (Å²) in [6.45, 7) is 10.7. The van der Waals surface area contributed by atoms with Gasteiger partial charge in [0.25, 0.3) is 0 Å². The van der Waals surface area contributed by atoms with Crippen LogP contribution in [0.1, 0.15) is 118 Å². The van der Waals surface area contributed by atoms with Crippen molar-refractivity contribution >= 4 is 34.9 Å². The largest absolute Gasteiger partial charge is 0.472 e. The van der Waals surface area contributed by atoms with Crippen LogP contribution in [0.2, 0.25) is 0 Å². The first-order valence-electron chi connectivity index (χ1n) is 22.2. The maximum absolute atomic E-state index is 12.5. The van der Waals surface area contributed by atoms with E-state index in [1.165, 1.54) is 0 Å². The van der Waals surface area contributed by atoms with Crippen molar-refractivity contribution in [2.45, 2.75) is 179 Å². The Hall–Kier alpha value is -0.735. The molecule has 2 saturated heterocycles. The maximum atomic E-state index is 12.5. The molecule has 0 aromatic rings. The van der Waals surface area contributed by atoms with Crippen LogP contribution in [0.5, 0.6) is 0 Å². The van der Waals surface area contributed by atoms with Crippen LogP contribution in [-0.2, 0) is 60.4 Å². The van der Waals surface area contributed by atoms with Crippen LogP contribution in [0, 0.1) is 10.8 Å². The Kier molecular flexibility index (Phi) is 29.7. The predicted molar refractivity (Wildman–Crippen MR) is 232 cm³/mol. The van der Waals surface area contributed by atoms with E-state index in [4.69, 9.17) is 69.9 Å². The summed E-state index contributed by atoms with van der Waals surface area (Å²) in [7, 11) is -3.05. The van der Waals surface area contributed by atoms with Crippen molar-refractivity contribution in [3.05, 3.63) is 0 Å². The number of aliphatic hydroxyl groups is 2. The van der Waals surface area contributed by atoms with E-state index in [-0.39, 0.29) is 51.8 Å². The third-order valence-electron chi connectivity index (χ3n) is 9.95. The second-order valence-electron chi connectivity index (χ2n) is 16.2. The van der Waals surface area contributed by atoms with E-state index in [0.717, 1.165) is 76.3 Å². The van der Waals surface area contributed by atoms with Gasteiger partial charge in [-0.3, -0.25) is 18.1 Å². The second-order valence-corrected chi connectivity index (χ2v) is 19.1. The van der Waals surface area contributed by atoms with Crippen LogP contribution in [0.25, 0.3) is 0 Å². The molecule has 0 amide bonds. The van der Waals surface area contributed by atoms with Crippen LogP contribution < -0.4 is 0 Å². The van der Waals surface area contributed by atoms with Gasteiger partial charge in [0.2, 0.25) is 0 Å². The molecule has 22 heteroatoms. The number of hydrogen-bond donors (Lipinski definition) is 6. The fourth-order valence-corrected chi connectivity index (χ4v) is 8.34. The third-order valence-corrected chi connectivity index (χ3v) is 12.0. The number of nitrogens with one attached hydrogen (secondary N) is 2. The summed E-state index contributed by atoms with van der Waals surface area (Å²) in [5, 5.41) is 37.0. The van der Waals surface area contributed by atoms with Crippen LogP contribution in [0.3, 0.4) is 0 Å². The molecule has 0 saturated carbocycles. The highest BCUT2D eigenvalue weighted by Crippen LogP contribution is 2.47. The molecule has 362 valence electrons. The summed E-state index contributed by atoms with van der Waals surface area (Å²) in [4.78, 5) is 20.1. The van der Waals surface area contributed by atoms with Crippen LogP contribution in [0.15, 0.2) is 0 Å². The van der Waals surface area contributed by atoms with Crippen molar-refractivity contribution < 1.29 is 80.4 Å². The first-order valence-corrected chi connectivity index (χ1v) is 25.2. The van der Waals surface area contributed by atoms with E-state index in [0.29, 0.717) is 45.0 Å². The fourth-order valence-electron chi connectivity index (χ4n) is 6.64. The first-order chi connectivity index (χ1) is 29.4. The van der Waals surface area contributed by atoms with Gasteiger partial charge in [0.15, 0.2) is 0 Å². The number of unbranched alkanes of at least 4 members (excludes halogenated alkanes) is 6. The van der Waals surface area contributed by atoms with E-state index in [1.54, 1.807) is 6.92 Å². The Morgan fingerprint density at radius 2 is 1.10 bits per heavy atom. The van der Waals surface area contributed by atoms with Crippen molar-refractivity contribution in [2.75, 3.05) is 66.1 Å². The number of ether oxygens (including phenoxy) is 7. The average molecular weight is 931 g/mol. The van der Waals surface area contributed by atoms with E-state index >= 15 is 0 Å². The first kappa shape index (κ1) is 57.4. The van der Waals surface area contributed by atoms with Crippen LogP contribution in [-0.4, -0.2) is 166 Å². The van der Waals surface area contributed by atoms with Crippen LogP contribution >= 0.6 is 15.6 Å². The SMILES string of the molecule is [B][C@@H]1O[C@H](COC(C)C)C(OP(=O)(O)OCCCCCCCC(=N)CCCCCC(=N)CCCOCCOCCOCCOP(=O)(O)OC[C@H]2O[C@@H](C)[C@@H](O)C2OC(C)C)[C@@H]1O. The highest BCUT2D eigenvalue weighted by molar-refractivity contribution is 7.47. The third kappa shape index (κ3) is 25.8. The molecule has 6 N–H and O–H groups in total. The van der Waals surface area contributed by atoms with E-state index < -0.39 is 64.4 Å². The molecule has 2 aliphatic heterocycles. The van der Waals surface area contributed by atoms with Gasteiger partial charge in [0.1, 0.15) is 44.5 Å². The molecule has 0 aromatic heterocycles. The minimum absolute atomic E-state index is 0.0349. The highest BCUT2D eigenvalue weighted by Gasteiger charge is 2.46. The molecule has 4 unspecified atom stereocenters. The Labute approximate surface area is 370 Å². The number of aliphatic hydroxyl groups excluding tert-OH is 2. The molecule has 2 heterocycles. The van der Waals surface area contributed by atoms with Gasteiger partial charge >= 0.3 is 15.6 Å². The summed E-state index contributed by atoms with van der Waals surface area (Å²) < 4.78 is 83.7. The summed E-state index contributed by atoms with van der Waals surface area (Å²) >= 11 is 0. The molecular formula is C40H77BN2O17P2. The summed E-state index contributed by atoms with van der Waals surface area (Å²) in [5.74, 6) is 0.